The third-order valence-electron chi connectivity index (χ3n) is 4.71. The summed E-state index contributed by atoms with van der Waals surface area (Å²) in [5.41, 5.74) is 6.84. The first-order valence-corrected chi connectivity index (χ1v) is 7.74. The number of aromatic nitrogens is 1. The van der Waals surface area contributed by atoms with E-state index < -0.39 is 0 Å². The fourth-order valence-electron chi connectivity index (χ4n) is 3.94. The monoisotopic (exact) mass is 281 g/mol. The summed E-state index contributed by atoms with van der Waals surface area (Å²) in [7, 11) is 2.14. The zero-order chi connectivity index (χ0) is 15.4. The summed E-state index contributed by atoms with van der Waals surface area (Å²) in [6, 6.07) is 11.5. The number of aryl methyl sites for hydroxylation is 2. The molecule has 1 aromatic carbocycles. The van der Waals surface area contributed by atoms with Crippen LogP contribution in [0, 0.1) is 6.92 Å². The van der Waals surface area contributed by atoms with E-state index in [1.54, 1.807) is 0 Å². The Hall–Kier alpha value is -1.83. The predicted octanol–water partition coefficient (Wildman–Crippen LogP) is 3.95. The van der Waals surface area contributed by atoms with Gasteiger partial charge in [-0.1, -0.05) is 18.2 Å². The molecule has 1 aliphatic rings. The molecule has 0 saturated heterocycles. The number of fused-ring (bicyclic) bond motifs is 3. The van der Waals surface area contributed by atoms with Gasteiger partial charge in [-0.25, -0.2) is 0 Å². The smallest absolute Gasteiger partial charge is 0.236 e. The van der Waals surface area contributed by atoms with E-state index in [0.717, 1.165) is 0 Å². The predicted molar refractivity (Wildman–Crippen MR) is 88.4 cm³/mol. The molecule has 0 saturated carbocycles. The van der Waals surface area contributed by atoms with Crippen molar-refractivity contribution < 1.29 is 4.57 Å². The quantitative estimate of drug-likeness (QED) is 0.718. The summed E-state index contributed by atoms with van der Waals surface area (Å²) in [5, 5.41) is 0. The zero-order valence-corrected chi connectivity index (χ0v) is 13.9. The summed E-state index contributed by atoms with van der Waals surface area (Å²) in [6.07, 6.45) is 2.14. The van der Waals surface area contributed by atoms with Crippen molar-refractivity contribution in [1.82, 2.24) is 0 Å². The maximum absolute atomic E-state index is 2.55. The molecular weight excluding hydrogens is 256 g/mol. The second kappa shape index (κ2) is 4.59. The highest BCUT2D eigenvalue weighted by molar-refractivity contribution is 5.83. The largest absolute Gasteiger partial charge is 0.355 e. The van der Waals surface area contributed by atoms with Gasteiger partial charge in [0, 0.05) is 12.1 Å². The Morgan fingerprint density at radius 2 is 1.81 bits per heavy atom. The second-order valence-corrected chi connectivity index (χ2v) is 6.87. The minimum Gasteiger partial charge on any atom is -0.355 e. The summed E-state index contributed by atoms with van der Waals surface area (Å²) in [5.74, 6) is 0. The molecule has 2 heterocycles. The lowest BCUT2D eigenvalue weighted by molar-refractivity contribution is -0.660. The minimum atomic E-state index is -0.00310. The molecule has 1 aromatic heterocycles. The lowest BCUT2D eigenvalue weighted by Gasteiger charge is -2.47. The van der Waals surface area contributed by atoms with E-state index in [-0.39, 0.29) is 5.54 Å². The van der Waals surface area contributed by atoms with Gasteiger partial charge in [0.2, 0.25) is 5.69 Å². The van der Waals surface area contributed by atoms with Crippen molar-refractivity contribution in [2.24, 2.45) is 7.05 Å². The van der Waals surface area contributed by atoms with Crippen molar-refractivity contribution in [2.45, 2.75) is 46.2 Å². The third-order valence-corrected chi connectivity index (χ3v) is 4.71. The zero-order valence-electron chi connectivity index (χ0n) is 13.9. The van der Waals surface area contributed by atoms with E-state index in [1.807, 2.05) is 0 Å². The number of hydrogen-bond acceptors (Lipinski definition) is 1. The SMILES string of the molecule is Cc1cccc2c1-c1c(ccc[n+]1C)N(C(C)C)C2(C)C. The highest BCUT2D eigenvalue weighted by Crippen LogP contribution is 2.47. The van der Waals surface area contributed by atoms with Crippen LogP contribution in [0.4, 0.5) is 5.69 Å². The Balaban J connectivity index is 2.44. The molecule has 0 amide bonds. The van der Waals surface area contributed by atoms with Crippen LogP contribution >= 0.6 is 0 Å². The molecule has 0 atom stereocenters. The molecule has 110 valence electrons. The van der Waals surface area contributed by atoms with Gasteiger partial charge in [-0.05, 0) is 51.8 Å². The van der Waals surface area contributed by atoms with E-state index >= 15 is 0 Å². The molecule has 2 heteroatoms. The maximum Gasteiger partial charge on any atom is 0.236 e. The molecule has 0 N–H and O–H groups in total. The van der Waals surface area contributed by atoms with Crippen LogP contribution in [0.15, 0.2) is 36.5 Å². The topological polar surface area (TPSA) is 7.12 Å². The average molecular weight is 281 g/mol. The molecule has 0 fully saturated rings. The van der Waals surface area contributed by atoms with Gasteiger partial charge in [-0.3, -0.25) is 0 Å². The first-order chi connectivity index (χ1) is 9.85. The third kappa shape index (κ3) is 1.89. The van der Waals surface area contributed by atoms with Crippen LogP contribution in [0.3, 0.4) is 0 Å². The van der Waals surface area contributed by atoms with Gasteiger partial charge in [0.1, 0.15) is 12.7 Å². The highest BCUT2D eigenvalue weighted by Gasteiger charge is 2.42. The van der Waals surface area contributed by atoms with Gasteiger partial charge >= 0.3 is 0 Å². The lowest BCUT2D eigenvalue weighted by atomic mass is 9.79. The van der Waals surface area contributed by atoms with Gasteiger partial charge in [0.15, 0.2) is 6.20 Å². The Morgan fingerprint density at radius 3 is 2.48 bits per heavy atom. The number of nitrogens with zero attached hydrogens (tertiary/aromatic N) is 2. The van der Waals surface area contributed by atoms with Crippen LogP contribution < -0.4 is 9.47 Å². The van der Waals surface area contributed by atoms with E-state index in [2.05, 4.69) is 87.7 Å². The Kier molecular flexibility index (Phi) is 3.09. The molecule has 0 unspecified atom stereocenters. The van der Waals surface area contributed by atoms with Gasteiger partial charge in [-0.15, -0.1) is 0 Å². The lowest BCUT2D eigenvalue weighted by Crippen LogP contribution is -2.51. The van der Waals surface area contributed by atoms with Crippen molar-refractivity contribution in [3.63, 3.8) is 0 Å². The molecule has 0 radical (unpaired) electrons. The molecule has 2 aromatic rings. The molecule has 1 aliphatic heterocycles. The Labute approximate surface area is 128 Å². The minimum absolute atomic E-state index is 0.00310. The molecule has 0 spiro atoms. The molecule has 0 bridgehead atoms. The number of benzene rings is 1. The van der Waals surface area contributed by atoms with Crippen LogP contribution in [0.25, 0.3) is 11.3 Å². The fraction of sp³-hybridized carbons (Fsp3) is 0.421. The first-order valence-electron chi connectivity index (χ1n) is 7.74. The van der Waals surface area contributed by atoms with Gasteiger partial charge < -0.3 is 4.90 Å². The van der Waals surface area contributed by atoms with Crippen LogP contribution in [0.2, 0.25) is 0 Å². The fourth-order valence-corrected chi connectivity index (χ4v) is 3.94. The van der Waals surface area contributed by atoms with Crippen LogP contribution in [-0.4, -0.2) is 6.04 Å². The van der Waals surface area contributed by atoms with E-state index in [1.165, 1.54) is 28.1 Å². The highest BCUT2D eigenvalue weighted by atomic mass is 15.2. The van der Waals surface area contributed by atoms with Crippen molar-refractivity contribution in [3.8, 4) is 11.3 Å². The van der Waals surface area contributed by atoms with Crippen molar-refractivity contribution in [1.29, 1.82) is 0 Å². The normalized spacial score (nSPS) is 15.9. The van der Waals surface area contributed by atoms with Crippen LogP contribution in [0.5, 0.6) is 0 Å². The van der Waals surface area contributed by atoms with E-state index in [4.69, 9.17) is 0 Å². The van der Waals surface area contributed by atoms with Gasteiger partial charge in [0.25, 0.3) is 0 Å². The van der Waals surface area contributed by atoms with Gasteiger partial charge in [-0.2, -0.15) is 4.57 Å². The van der Waals surface area contributed by atoms with Crippen LogP contribution in [0.1, 0.15) is 38.8 Å². The molecule has 0 aliphatic carbocycles. The summed E-state index contributed by atoms with van der Waals surface area (Å²) < 4.78 is 2.26. The van der Waals surface area contributed by atoms with E-state index in [0.29, 0.717) is 6.04 Å². The van der Waals surface area contributed by atoms with Crippen LogP contribution in [-0.2, 0) is 12.6 Å². The van der Waals surface area contributed by atoms with Crippen molar-refractivity contribution in [2.75, 3.05) is 4.90 Å². The Bertz CT molecular complexity index is 699. The molecular formula is C19H25N2+. The Morgan fingerprint density at radius 1 is 1.10 bits per heavy atom. The summed E-state index contributed by atoms with van der Waals surface area (Å²) >= 11 is 0. The maximum atomic E-state index is 2.55. The van der Waals surface area contributed by atoms with Crippen molar-refractivity contribution in [3.05, 3.63) is 47.7 Å². The summed E-state index contributed by atoms with van der Waals surface area (Å²) in [6.45, 7) is 11.4. The number of anilines is 1. The number of hydrogen-bond donors (Lipinski definition) is 0. The first kappa shape index (κ1) is 14.1. The summed E-state index contributed by atoms with van der Waals surface area (Å²) in [4.78, 5) is 2.55. The second-order valence-electron chi connectivity index (χ2n) is 6.87. The van der Waals surface area contributed by atoms with Gasteiger partial charge in [0.05, 0.1) is 11.1 Å². The number of pyridine rings is 1. The van der Waals surface area contributed by atoms with Crippen molar-refractivity contribution >= 4 is 5.69 Å². The molecule has 2 nitrogen and oxygen atoms in total. The average Bonchev–Trinajstić information content (AvgIpc) is 2.38. The number of rotatable bonds is 1. The molecule has 21 heavy (non-hydrogen) atoms. The standard InChI is InChI=1S/C19H25N2/c1-13(2)21-16-11-8-12-20(6)18(16)17-14(3)9-7-10-15(17)19(21,4)5/h7-13H,1-6H3/q+1. The molecule has 3 rings (SSSR count). The van der Waals surface area contributed by atoms with E-state index in [9.17, 15) is 0 Å².